The average Bonchev–Trinajstić information content (AvgIpc) is 3.13. The summed E-state index contributed by atoms with van der Waals surface area (Å²) in [6, 6.07) is 9.37. The fraction of sp³-hybridized carbons (Fsp3) is 0.176. The first-order chi connectivity index (χ1) is 12.0. The summed E-state index contributed by atoms with van der Waals surface area (Å²) in [5.41, 5.74) is 8.80. The number of rotatable bonds is 3. The summed E-state index contributed by atoms with van der Waals surface area (Å²) in [5.74, 6) is 1.42. The molecule has 0 saturated carbocycles. The van der Waals surface area contributed by atoms with Crippen LogP contribution in [0.2, 0.25) is 0 Å². The zero-order chi connectivity index (χ0) is 17.6. The lowest BCUT2D eigenvalue weighted by molar-refractivity contribution is 0.0766. The van der Waals surface area contributed by atoms with E-state index in [1.807, 2.05) is 24.3 Å². The van der Waals surface area contributed by atoms with E-state index in [9.17, 15) is 4.79 Å². The topological polar surface area (TPSA) is 76.8 Å². The summed E-state index contributed by atoms with van der Waals surface area (Å²) >= 11 is 8.39. The Morgan fingerprint density at radius 1 is 1.28 bits per heavy atom. The largest absolute Gasteiger partial charge is 0.454 e. The number of carbonyl (C=O) groups is 1. The zero-order valence-electron chi connectivity index (χ0n) is 13.0. The first-order valence-electron chi connectivity index (χ1n) is 7.58. The second kappa shape index (κ2) is 6.20. The van der Waals surface area contributed by atoms with Gasteiger partial charge in [0.1, 0.15) is 0 Å². The Kier molecular flexibility index (Phi) is 4.01. The van der Waals surface area contributed by atoms with Crippen molar-refractivity contribution in [1.29, 1.82) is 0 Å². The molecule has 0 radical (unpaired) electrons. The molecule has 8 heteroatoms. The zero-order valence-corrected chi connectivity index (χ0v) is 15.4. The minimum Gasteiger partial charge on any atom is -0.454 e. The maximum absolute atomic E-state index is 12.8. The van der Waals surface area contributed by atoms with Crippen LogP contribution >= 0.6 is 28.1 Å². The minimum absolute atomic E-state index is 0.0278. The summed E-state index contributed by atoms with van der Waals surface area (Å²) < 4.78 is 11.6. The van der Waals surface area contributed by atoms with E-state index in [1.165, 1.54) is 0 Å². The standard InChI is InChI=1S/C17H14BrN3O3S/c18-13-5-10(20-17(19)25)4-11-12(13)7-21(16(11)22)6-9-1-2-14-15(3-9)24-8-23-14/h1-5H,6-8H2,(H3,19,20,25). The molecule has 2 aliphatic rings. The third-order valence-corrected chi connectivity index (χ3v) is 4.95. The van der Waals surface area contributed by atoms with E-state index in [1.54, 1.807) is 11.0 Å². The molecular formula is C17H14BrN3O3S. The SMILES string of the molecule is NC(=S)Nc1cc(Br)c2c(c1)C(=O)N(Cc1ccc3c(c1)OCO3)C2. The van der Waals surface area contributed by atoms with E-state index in [0.29, 0.717) is 30.1 Å². The number of carbonyl (C=O) groups excluding carboxylic acids is 1. The fourth-order valence-corrected chi connectivity index (χ4v) is 3.73. The van der Waals surface area contributed by atoms with Crippen molar-refractivity contribution in [2.45, 2.75) is 13.1 Å². The number of ether oxygens (including phenoxy) is 2. The van der Waals surface area contributed by atoms with Crippen molar-refractivity contribution in [3.05, 3.63) is 51.5 Å². The second-order valence-electron chi connectivity index (χ2n) is 5.82. The van der Waals surface area contributed by atoms with Gasteiger partial charge in [-0.25, -0.2) is 0 Å². The molecule has 0 aliphatic carbocycles. The number of hydrogen-bond donors (Lipinski definition) is 2. The number of thiocarbonyl (C=S) groups is 1. The lowest BCUT2D eigenvalue weighted by Gasteiger charge is -2.16. The first-order valence-corrected chi connectivity index (χ1v) is 8.78. The van der Waals surface area contributed by atoms with Gasteiger partial charge in [0.25, 0.3) is 5.91 Å². The Balaban J connectivity index is 1.58. The molecule has 2 aromatic rings. The highest BCUT2D eigenvalue weighted by Gasteiger charge is 2.30. The smallest absolute Gasteiger partial charge is 0.254 e. The number of benzene rings is 2. The molecule has 4 rings (SSSR count). The summed E-state index contributed by atoms with van der Waals surface area (Å²) in [4.78, 5) is 14.6. The molecule has 2 aliphatic heterocycles. The molecule has 0 bridgehead atoms. The number of nitrogens with zero attached hydrogens (tertiary/aromatic N) is 1. The Labute approximate surface area is 158 Å². The molecule has 0 saturated heterocycles. The maximum Gasteiger partial charge on any atom is 0.254 e. The van der Waals surface area contributed by atoms with Crippen LogP contribution in [-0.4, -0.2) is 22.7 Å². The van der Waals surface area contributed by atoms with Gasteiger partial charge in [-0.2, -0.15) is 0 Å². The lowest BCUT2D eigenvalue weighted by atomic mass is 10.1. The lowest BCUT2D eigenvalue weighted by Crippen LogP contribution is -2.23. The molecule has 3 N–H and O–H groups in total. The molecule has 0 aromatic heterocycles. The summed E-state index contributed by atoms with van der Waals surface area (Å²) in [5, 5.41) is 3.03. The van der Waals surface area contributed by atoms with Crippen LogP contribution in [0, 0.1) is 0 Å². The minimum atomic E-state index is -0.0278. The predicted octanol–water partition coefficient (Wildman–Crippen LogP) is 2.99. The van der Waals surface area contributed by atoms with Gasteiger partial charge in [0.05, 0.1) is 0 Å². The van der Waals surface area contributed by atoms with Crippen LogP contribution in [0.15, 0.2) is 34.8 Å². The summed E-state index contributed by atoms with van der Waals surface area (Å²) in [6.45, 7) is 1.27. The third-order valence-electron chi connectivity index (χ3n) is 4.14. The van der Waals surface area contributed by atoms with Crippen molar-refractivity contribution < 1.29 is 14.3 Å². The van der Waals surface area contributed by atoms with Gasteiger partial charge in [-0.1, -0.05) is 22.0 Å². The Morgan fingerprint density at radius 2 is 2.08 bits per heavy atom. The van der Waals surface area contributed by atoms with Crippen LogP contribution in [-0.2, 0) is 13.1 Å². The van der Waals surface area contributed by atoms with Crippen LogP contribution in [0.5, 0.6) is 11.5 Å². The normalized spacial score (nSPS) is 14.6. The van der Waals surface area contributed by atoms with Gasteiger partial charge >= 0.3 is 0 Å². The number of nitrogens with one attached hydrogen (secondary N) is 1. The van der Waals surface area contributed by atoms with Crippen molar-refractivity contribution in [2.24, 2.45) is 5.73 Å². The second-order valence-corrected chi connectivity index (χ2v) is 7.12. The molecule has 2 heterocycles. The van der Waals surface area contributed by atoms with E-state index in [4.69, 9.17) is 27.4 Å². The van der Waals surface area contributed by atoms with Crippen LogP contribution in [0.1, 0.15) is 21.5 Å². The van der Waals surface area contributed by atoms with Crippen molar-refractivity contribution in [2.75, 3.05) is 12.1 Å². The number of anilines is 1. The van der Waals surface area contributed by atoms with Gasteiger partial charge in [-0.05, 0) is 47.6 Å². The Hall–Kier alpha value is -2.32. The number of hydrogen-bond acceptors (Lipinski definition) is 4. The molecule has 0 fully saturated rings. The van der Waals surface area contributed by atoms with Crippen LogP contribution < -0.4 is 20.5 Å². The number of nitrogens with two attached hydrogens (primary N) is 1. The Morgan fingerprint density at radius 3 is 2.88 bits per heavy atom. The quantitative estimate of drug-likeness (QED) is 0.744. The van der Waals surface area contributed by atoms with Gasteiger partial charge in [0.2, 0.25) is 6.79 Å². The van der Waals surface area contributed by atoms with Crippen LogP contribution in [0.4, 0.5) is 5.69 Å². The van der Waals surface area contributed by atoms with E-state index in [0.717, 1.165) is 21.3 Å². The highest BCUT2D eigenvalue weighted by Crippen LogP contribution is 2.36. The third kappa shape index (κ3) is 3.03. The molecular weight excluding hydrogens is 406 g/mol. The summed E-state index contributed by atoms with van der Waals surface area (Å²) in [7, 11) is 0. The van der Waals surface area contributed by atoms with Crippen molar-refractivity contribution in [3.63, 3.8) is 0 Å². The summed E-state index contributed by atoms with van der Waals surface area (Å²) in [6.07, 6.45) is 0. The van der Waals surface area contributed by atoms with E-state index < -0.39 is 0 Å². The van der Waals surface area contributed by atoms with Gasteiger partial charge in [0.15, 0.2) is 16.6 Å². The monoisotopic (exact) mass is 419 g/mol. The maximum atomic E-state index is 12.8. The van der Waals surface area contributed by atoms with Crippen molar-refractivity contribution in [3.8, 4) is 11.5 Å². The van der Waals surface area contributed by atoms with Crippen molar-refractivity contribution in [1.82, 2.24) is 4.90 Å². The number of halogens is 1. The molecule has 25 heavy (non-hydrogen) atoms. The van der Waals surface area contributed by atoms with Crippen molar-refractivity contribution >= 4 is 44.9 Å². The molecule has 2 aromatic carbocycles. The van der Waals surface area contributed by atoms with Crippen LogP contribution in [0.25, 0.3) is 0 Å². The van der Waals surface area contributed by atoms with Gasteiger partial charge in [-0.3, -0.25) is 4.79 Å². The molecule has 0 spiro atoms. The average molecular weight is 420 g/mol. The molecule has 1 amide bonds. The van der Waals surface area contributed by atoms with Gasteiger partial charge in [0, 0.05) is 28.8 Å². The predicted molar refractivity (Wildman–Crippen MR) is 101 cm³/mol. The Bertz CT molecular complexity index is 903. The van der Waals surface area contributed by atoms with Crippen LogP contribution in [0.3, 0.4) is 0 Å². The first kappa shape index (κ1) is 16.2. The number of fused-ring (bicyclic) bond motifs is 2. The molecule has 0 atom stereocenters. The fourth-order valence-electron chi connectivity index (χ4n) is 3.02. The molecule has 0 unspecified atom stereocenters. The highest BCUT2D eigenvalue weighted by molar-refractivity contribution is 9.10. The van der Waals surface area contributed by atoms with E-state index >= 15 is 0 Å². The van der Waals surface area contributed by atoms with E-state index in [-0.39, 0.29) is 17.8 Å². The van der Waals surface area contributed by atoms with E-state index in [2.05, 4.69) is 21.2 Å². The molecule has 128 valence electrons. The molecule has 6 nitrogen and oxygen atoms in total. The highest BCUT2D eigenvalue weighted by atomic mass is 79.9. The number of amides is 1. The van der Waals surface area contributed by atoms with Gasteiger partial charge in [-0.15, -0.1) is 0 Å². The van der Waals surface area contributed by atoms with Gasteiger partial charge < -0.3 is 25.4 Å².